The summed E-state index contributed by atoms with van der Waals surface area (Å²) >= 11 is 1.53. The summed E-state index contributed by atoms with van der Waals surface area (Å²) in [5.41, 5.74) is 2.27. The van der Waals surface area contributed by atoms with E-state index in [4.69, 9.17) is 0 Å². The number of hydrogen-bond donors (Lipinski definition) is 1. The minimum absolute atomic E-state index is 0.131. The fraction of sp³-hybridized carbons (Fsp3) is 0.333. The number of H-pyrrole nitrogens is 1. The Morgan fingerprint density at radius 1 is 1.56 bits per heavy atom. The van der Waals surface area contributed by atoms with E-state index in [9.17, 15) is 4.79 Å². The summed E-state index contributed by atoms with van der Waals surface area (Å²) in [6.45, 7) is 0. The van der Waals surface area contributed by atoms with Gasteiger partial charge in [-0.05, 0) is 30.7 Å². The van der Waals surface area contributed by atoms with Crippen molar-refractivity contribution in [1.29, 1.82) is 0 Å². The lowest BCUT2D eigenvalue weighted by atomic mass is 9.86. The van der Waals surface area contributed by atoms with E-state index >= 15 is 0 Å². The molecule has 4 heteroatoms. The fourth-order valence-electron chi connectivity index (χ4n) is 2.24. The minimum Gasteiger partial charge on any atom is -0.348 e. The number of imidazole rings is 1. The Morgan fingerprint density at radius 3 is 3.31 bits per heavy atom. The van der Waals surface area contributed by atoms with E-state index in [-0.39, 0.29) is 11.7 Å². The molecule has 1 aliphatic carbocycles. The van der Waals surface area contributed by atoms with Gasteiger partial charge in [-0.25, -0.2) is 4.98 Å². The number of aromatic nitrogens is 2. The Bertz CT molecular complexity index is 501. The SMILES string of the molecule is O=C(c1cccs1)C1CCc2nc[nH]c2C1. The maximum absolute atomic E-state index is 12.2. The van der Waals surface area contributed by atoms with Gasteiger partial charge in [-0.15, -0.1) is 11.3 Å². The first-order chi connectivity index (χ1) is 7.84. The molecule has 2 aromatic rings. The molecule has 82 valence electrons. The number of carbonyl (C=O) groups excluding carboxylic acids is 1. The highest BCUT2D eigenvalue weighted by Crippen LogP contribution is 2.27. The lowest BCUT2D eigenvalue weighted by molar-refractivity contribution is 0.0912. The van der Waals surface area contributed by atoms with Crippen LogP contribution in [0.25, 0.3) is 0 Å². The molecular weight excluding hydrogens is 220 g/mol. The third-order valence-corrected chi connectivity index (χ3v) is 4.01. The molecule has 3 rings (SSSR count). The highest BCUT2D eigenvalue weighted by molar-refractivity contribution is 7.12. The summed E-state index contributed by atoms with van der Waals surface area (Å²) in [4.78, 5) is 20.4. The number of ketones is 1. The van der Waals surface area contributed by atoms with Gasteiger partial charge < -0.3 is 4.98 Å². The summed E-state index contributed by atoms with van der Waals surface area (Å²) < 4.78 is 0. The van der Waals surface area contributed by atoms with E-state index in [1.165, 1.54) is 11.3 Å². The van der Waals surface area contributed by atoms with Crippen LogP contribution in [0.2, 0.25) is 0 Å². The first-order valence-electron chi connectivity index (χ1n) is 5.43. The average Bonchev–Trinajstić information content (AvgIpc) is 2.98. The van der Waals surface area contributed by atoms with Crippen molar-refractivity contribution in [3.05, 3.63) is 40.1 Å². The number of carbonyl (C=O) groups is 1. The molecule has 1 N–H and O–H groups in total. The molecule has 0 saturated heterocycles. The predicted molar refractivity (Wildman–Crippen MR) is 62.8 cm³/mol. The van der Waals surface area contributed by atoms with E-state index in [1.54, 1.807) is 6.33 Å². The Hall–Kier alpha value is -1.42. The van der Waals surface area contributed by atoms with Crippen LogP contribution in [0.3, 0.4) is 0 Å². The van der Waals surface area contributed by atoms with Crippen molar-refractivity contribution in [2.24, 2.45) is 5.92 Å². The van der Waals surface area contributed by atoms with E-state index in [0.29, 0.717) is 0 Å². The fourth-order valence-corrected chi connectivity index (χ4v) is 2.99. The number of nitrogens with one attached hydrogen (secondary N) is 1. The van der Waals surface area contributed by atoms with Gasteiger partial charge in [0.25, 0.3) is 0 Å². The highest BCUT2D eigenvalue weighted by atomic mass is 32.1. The molecule has 0 saturated carbocycles. The largest absolute Gasteiger partial charge is 0.348 e. The van der Waals surface area contributed by atoms with Crippen LogP contribution in [0.5, 0.6) is 0 Å². The topological polar surface area (TPSA) is 45.8 Å². The zero-order valence-corrected chi connectivity index (χ0v) is 9.59. The van der Waals surface area contributed by atoms with Crippen LogP contribution >= 0.6 is 11.3 Å². The summed E-state index contributed by atoms with van der Waals surface area (Å²) in [6.07, 6.45) is 4.38. The second kappa shape index (κ2) is 3.87. The monoisotopic (exact) mass is 232 g/mol. The van der Waals surface area contributed by atoms with E-state index in [1.807, 2.05) is 17.5 Å². The van der Waals surface area contributed by atoms with Crippen molar-refractivity contribution in [2.75, 3.05) is 0 Å². The normalized spacial score (nSPS) is 19.4. The van der Waals surface area contributed by atoms with Crippen LogP contribution in [0, 0.1) is 5.92 Å². The molecule has 2 aromatic heterocycles. The first kappa shape index (κ1) is 9.78. The molecule has 0 radical (unpaired) electrons. The quantitative estimate of drug-likeness (QED) is 0.808. The Kier molecular flexibility index (Phi) is 2.36. The van der Waals surface area contributed by atoms with Crippen LogP contribution in [0.15, 0.2) is 23.8 Å². The number of thiophene rings is 1. The van der Waals surface area contributed by atoms with Crippen LogP contribution in [0.1, 0.15) is 27.5 Å². The van der Waals surface area contributed by atoms with Crippen molar-refractivity contribution in [3.8, 4) is 0 Å². The third kappa shape index (κ3) is 1.59. The maximum atomic E-state index is 12.2. The molecule has 0 aromatic carbocycles. The van der Waals surface area contributed by atoms with Crippen LogP contribution in [-0.2, 0) is 12.8 Å². The van der Waals surface area contributed by atoms with Gasteiger partial charge in [0.15, 0.2) is 5.78 Å². The van der Waals surface area contributed by atoms with Gasteiger partial charge in [0.1, 0.15) is 0 Å². The molecule has 0 amide bonds. The molecule has 2 heterocycles. The highest BCUT2D eigenvalue weighted by Gasteiger charge is 2.27. The summed E-state index contributed by atoms with van der Waals surface area (Å²) in [7, 11) is 0. The molecular formula is C12H12N2OS. The summed E-state index contributed by atoms with van der Waals surface area (Å²) in [6, 6.07) is 3.85. The van der Waals surface area contributed by atoms with Gasteiger partial charge in [0.05, 0.1) is 16.9 Å². The molecule has 0 spiro atoms. The van der Waals surface area contributed by atoms with Gasteiger partial charge in [-0.1, -0.05) is 6.07 Å². The van der Waals surface area contributed by atoms with E-state index in [0.717, 1.165) is 35.5 Å². The van der Waals surface area contributed by atoms with E-state index < -0.39 is 0 Å². The summed E-state index contributed by atoms with van der Waals surface area (Å²) in [5.74, 6) is 0.418. The number of Topliss-reactive ketones (excluding diaryl/α,β-unsaturated/α-hetero) is 1. The average molecular weight is 232 g/mol. The van der Waals surface area contributed by atoms with Crippen LogP contribution in [0.4, 0.5) is 0 Å². The summed E-state index contributed by atoms with van der Waals surface area (Å²) in [5, 5.41) is 1.96. The van der Waals surface area contributed by atoms with Crippen molar-refractivity contribution in [3.63, 3.8) is 0 Å². The van der Waals surface area contributed by atoms with Crippen molar-refractivity contribution in [2.45, 2.75) is 19.3 Å². The number of nitrogens with zero attached hydrogens (tertiary/aromatic N) is 1. The van der Waals surface area contributed by atoms with Gasteiger partial charge in [-0.2, -0.15) is 0 Å². The third-order valence-electron chi connectivity index (χ3n) is 3.12. The van der Waals surface area contributed by atoms with Crippen molar-refractivity contribution in [1.82, 2.24) is 9.97 Å². The van der Waals surface area contributed by atoms with Crippen LogP contribution in [-0.4, -0.2) is 15.8 Å². The van der Waals surface area contributed by atoms with Gasteiger partial charge in [0.2, 0.25) is 0 Å². The molecule has 0 fully saturated rings. The molecule has 1 unspecified atom stereocenters. The molecule has 3 nitrogen and oxygen atoms in total. The Labute approximate surface area is 97.5 Å². The lowest BCUT2D eigenvalue weighted by Gasteiger charge is -2.19. The number of aryl methyl sites for hydroxylation is 1. The predicted octanol–water partition coefficient (Wildman–Crippen LogP) is 2.46. The van der Waals surface area contributed by atoms with Crippen molar-refractivity contribution < 1.29 is 4.79 Å². The van der Waals surface area contributed by atoms with E-state index in [2.05, 4.69) is 9.97 Å². The lowest BCUT2D eigenvalue weighted by Crippen LogP contribution is -2.22. The number of hydrogen-bond acceptors (Lipinski definition) is 3. The maximum Gasteiger partial charge on any atom is 0.176 e. The molecule has 0 bridgehead atoms. The number of rotatable bonds is 2. The minimum atomic E-state index is 0.131. The standard InChI is InChI=1S/C12H12N2OS/c15-12(11-2-1-5-16-11)8-3-4-9-10(6-8)14-7-13-9/h1-2,5,7-8H,3-4,6H2,(H,13,14). The molecule has 16 heavy (non-hydrogen) atoms. The Morgan fingerprint density at radius 2 is 2.50 bits per heavy atom. The van der Waals surface area contributed by atoms with Crippen molar-refractivity contribution >= 4 is 17.1 Å². The van der Waals surface area contributed by atoms with Gasteiger partial charge in [0, 0.05) is 11.6 Å². The second-order valence-corrected chi connectivity index (χ2v) is 5.06. The molecule has 1 atom stereocenters. The smallest absolute Gasteiger partial charge is 0.176 e. The Balaban J connectivity index is 1.81. The zero-order chi connectivity index (χ0) is 11.0. The van der Waals surface area contributed by atoms with Gasteiger partial charge in [-0.3, -0.25) is 4.79 Å². The molecule has 1 aliphatic rings. The second-order valence-electron chi connectivity index (χ2n) is 4.11. The number of aromatic amines is 1. The number of fused-ring (bicyclic) bond motifs is 1. The first-order valence-corrected chi connectivity index (χ1v) is 6.31. The zero-order valence-electron chi connectivity index (χ0n) is 8.77. The molecule has 0 aliphatic heterocycles. The van der Waals surface area contributed by atoms with Crippen LogP contribution < -0.4 is 0 Å². The van der Waals surface area contributed by atoms with Gasteiger partial charge >= 0.3 is 0 Å².